The number of rotatable bonds is 3. The van der Waals surface area contributed by atoms with E-state index in [-0.39, 0.29) is 24.4 Å². The molecule has 6 heteroatoms. The summed E-state index contributed by atoms with van der Waals surface area (Å²) in [6.07, 6.45) is 2.27. The van der Waals surface area contributed by atoms with Crippen LogP contribution < -0.4 is 4.90 Å². The van der Waals surface area contributed by atoms with Gasteiger partial charge in [-0.15, -0.1) is 0 Å². The molecular formula is C22H26N2O3S. The van der Waals surface area contributed by atoms with Gasteiger partial charge in [-0.25, -0.2) is 8.42 Å². The summed E-state index contributed by atoms with van der Waals surface area (Å²) in [7, 11) is -3.58. The monoisotopic (exact) mass is 398 g/mol. The van der Waals surface area contributed by atoms with Crippen LogP contribution in [0.3, 0.4) is 0 Å². The second kappa shape index (κ2) is 7.33. The molecule has 2 aromatic carbocycles. The van der Waals surface area contributed by atoms with Crippen LogP contribution in [-0.4, -0.2) is 37.8 Å². The summed E-state index contributed by atoms with van der Waals surface area (Å²) >= 11 is 0. The highest BCUT2D eigenvalue weighted by molar-refractivity contribution is 7.89. The van der Waals surface area contributed by atoms with Crippen LogP contribution in [0.25, 0.3) is 0 Å². The number of piperidine rings is 1. The Labute approximate surface area is 167 Å². The van der Waals surface area contributed by atoms with Gasteiger partial charge in [-0.2, -0.15) is 4.31 Å². The van der Waals surface area contributed by atoms with Gasteiger partial charge in [-0.3, -0.25) is 4.79 Å². The molecule has 1 fully saturated rings. The van der Waals surface area contributed by atoms with Crippen LogP contribution in [0, 0.1) is 12.8 Å². The van der Waals surface area contributed by atoms with Gasteiger partial charge in [0.1, 0.15) is 0 Å². The van der Waals surface area contributed by atoms with Crippen molar-refractivity contribution < 1.29 is 13.2 Å². The SMILES string of the molecule is Cc1ccc(S(=O)(=O)N2CCCC(C(=O)N3c4ccccc4CC3C)C2)cc1. The highest BCUT2D eigenvalue weighted by Crippen LogP contribution is 2.35. The number of sulfonamides is 1. The maximum absolute atomic E-state index is 13.3. The lowest BCUT2D eigenvalue weighted by molar-refractivity contribution is -0.123. The Bertz CT molecular complexity index is 985. The van der Waals surface area contributed by atoms with E-state index >= 15 is 0 Å². The number of carbonyl (C=O) groups excluding carboxylic acids is 1. The molecule has 28 heavy (non-hydrogen) atoms. The molecule has 1 amide bonds. The van der Waals surface area contributed by atoms with E-state index < -0.39 is 10.0 Å². The molecular weight excluding hydrogens is 372 g/mol. The van der Waals surface area contributed by atoms with Crippen molar-refractivity contribution in [2.45, 2.75) is 44.0 Å². The first-order valence-electron chi connectivity index (χ1n) is 9.86. The first-order chi connectivity index (χ1) is 13.4. The lowest BCUT2D eigenvalue weighted by Crippen LogP contribution is -2.48. The predicted molar refractivity (Wildman–Crippen MR) is 110 cm³/mol. The number of fused-ring (bicyclic) bond motifs is 1. The van der Waals surface area contributed by atoms with E-state index in [4.69, 9.17) is 0 Å². The van der Waals surface area contributed by atoms with Crippen LogP contribution in [0.1, 0.15) is 30.9 Å². The lowest BCUT2D eigenvalue weighted by atomic mass is 9.97. The van der Waals surface area contributed by atoms with Crippen molar-refractivity contribution in [3.63, 3.8) is 0 Å². The summed E-state index contributed by atoms with van der Waals surface area (Å²) < 4.78 is 27.6. The zero-order chi connectivity index (χ0) is 19.9. The highest BCUT2D eigenvalue weighted by atomic mass is 32.2. The maximum Gasteiger partial charge on any atom is 0.243 e. The number of hydrogen-bond donors (Lipinski definition) is 0. The van der Waals surface area contributed by atoms with Gasteiger partial charge < -0.3 is 4.90 Å². The fourth-order valence-electron chi connectivity index (χ4n) is 4.32. The summed E-state index contributed by atoms with van der Waals surface area (Å²) in [5.41, 5.74) is 3.18. The van der Waals surface area contributed by atoms with Gasteiger partial charge in [-0.05, 0) is 56.9 Å². The van der Waals surface area contributed by atoms with Crippen LogP contribution in [-0.2, 0) is 21.2 Å². The molecule has 2 unspecified atom stereocenters. The average Bonchev–Trinajstić information content (AvgIpc) is 3.03. The number of anilines is 1. The molecule has 0 aromatic heterocycles. The minimum atomic E-state index is -3.58. The molecule has 2 atom stereocenters. The number of hydrogen-bond acceptors (Lipinski definition) is 3. The van der Waals surface area contributed by atoms with Crippen LogP contribution in [0.2, 0.25) is 0 Å². The molecule has 0 spiro atoms. The standard InChI is InChI=1S/C22H26N2O3S/c1-16-9-11-20(12-10-16)28(26,27)23-13-5-7-19(15-23)22(25)24-17(2)14-18-6-3-4-8-21(18)24/h3-4,6,8-12,17,19H,5,7,13-15H2,1-2H3. The Hall–Kier alpha value is -2.18. The second-order valence-corrected chi connectivity index (χ2v) is 9.84. The van der Waals surface area contributed by atoms with E-state index in [2.05, 4.69) is 13.0 Å². The third-order valence-electron chi connectivity index (χ3n) is 5.84. The van der Waals surface area contributed by atoms with Gasteiger partial charge >= 0.3 is 0 Å². The van der Waals surface area contributed by atoms with Gasteiger partial charge in [0.15, 0.2) is 0 Å². The Morgan fingerprint density at radius 1 is 1.07 bits per heavy atom. The van der Waals surface area contributed by atoms with E-state index in [1.807, 2.05) is 42.2 Å². The molecule has 1 saturated heterocycles. The normalized spacial score (nSPS) is 22.9. The number of nitrogens with zero attached hydrogens (tertiary/aromatic N) is 2. The smallest absolute Gasteiger partial charge is 0.243 e. The van der Waals surface area contributed by atoms with Crippen molar-refractivity contribution in [1.82, 2.24) is 4.31 Å². The molecule has 4 rings (SSSR count). The first-order valence-corrected chi connectivity index (χ1v) is 11.3. The minimum Gasteiger partial charge on any atom is -0.309 e. The molecule has 5 nitrogen and oxygen atoms in total. The van der Waals surface area contributed by atoms with E-state index in [1.54, 1.807) is 12.1 Å². The Balaban J connectivity index is 1.56. The summed E-state index contributed by atoms with van der Waals surface area (Å²) in [5, 5.41) is 0. The minimum absolute atomic E-state index is 0.0428. The van der Waals surface area contributed by atoms with Crippen molar-refractivity contribution in [3.8, 4) is 0 Å². The molecule has 2 aliphatic heterocycles. The number of para-hydroxylation sites is 1. The topological polar surface area (TPSA) is 57.7 Å². The summed E-state index contributed by atoms with van der Waals surface area (Å²) in [5.74, 6) is -0.260. The molecule has 0 N–H and O–H groups in total. The zero-order valence-corrected chi connectivity index (χ0v) is 17.2. The van der Waals surface area contributed by atoms with Crippen molar-refractivity contribution in [2.24, 2.45) is 5.92 Å². The highest BCUT2D eigenvalue weighted by Gasteiger charge is 2.39. The molecule has 0 aliphatic carbocycles. The third kappa shape index (κ3) is 3.35. The quantitative estimate of drug-likeness (QED) is 0.796. The number of carbonyl (C=O) groups is 1. The van der Waals surface area contributed by atoms with Crippen molar-refractivity contribution in [2.75, 3.05) is 18.0 Å². The largest absolute Gasteiger partial charge is 0.309 e. The predicted octanol–water partition coefficient (Wildman–Crippen LogP) is 3.37. The summed E-state index contributed by atoms with van der Waals surface area (Å²) in [6, 6.07) is 15.0. The maximum atomic E-state index is 13.3. The number of amides is 1. The van der Waals surface area contributed by atoms with Crippen molar-refractivity contribution in [3.05, 3.63) is 59.7 Å². The average molecular weight is 399 g/mol. The van der Waals surface area contributed by atoms with Gasteiger partial charge in [0.25, 0.3) is 0 Å². The summed E-state index contributed by atoms with van der Waals surface area (Å²) in [4.78, 5) is 15.5. The third-order valence-corrected chi connectivity index (χ3v) is 7.72. The second-order valence-electron chi connectivity index (χ2n) is 7.91. The molecule has 2 heterocycles. The van der Waals surface area contributed by atoms with Crippen LogP contribution in [0.15, 0.2) is 53.4 Å². The fourth-order valence-corrected chi connectivity index (χ4v) is 5.84. The van der Waals surface area contributed by atoms with Crippen LogP contribution in [0.4, 0.5) is 5.69 Å². The molecule has 2 aromatic rings. The Kier molecular flexibility index (Phi) is 5.02. The summed E-state index contributed by atoms with van der Waals surface area (Å²) in [6.45, 7) is 4.70. The van der Waals surface area contributed by atoms with Gasteiger partial charge in [0.05, 0.1) is 10.8 Å². The van der Waals surface area contributed by atoms with E-state index in [0.29, 0.717) is 17.9 Å². The molecule has 2 aliphatic rings. The van der Waals surface area contributed by atoms with E-state index in [9.17, 15) is 13.2 Å². The van der Waals surface area contributed by atoms with Gasteiger partial charge in [0.2, 0.25) is 15.9 Å². The molecule has 0 bridgehead atoms. The van der Waals surface area contributed by atoms with Crippen molar-refractivity contribution in [1.29, 1.82) is 0 Å². The number of aryl methyl sites for hydroxylation is 1. The van der Waals surface area contributed by atoms with Gasteiger partial charge in [0, 0.05) is 24.8 Å². The van der Waals surface area contributed by atoms with Crippen LogP contribution in [0.5, 0.6) is 0 Å². The number of benzene rings is 2. The van der Waals surface area contributed by atoms with Crippen LogP contribution >= 0.6 is 0 Å². The molecule has 148 valence electrons. The Morgan fingerprint density at radius 3 is 2.54 bits per heavy atom. The lowest BCUT2D eigenvalue weighted by Gasteiger charge is -2.34. The Morgan fingerprint density at radius 2 is 1.79 bits per heavy atom. The van der Waals surface area contributed by atoms with Crippen molar-refractivity contribution >= 4 is 21.6 Å². The zero-order valence-electron chi connectivity index (χ0n) is 16.3. The van der Waals surface area contributed by atoms with E-state index in [0.717, 1.165) is 24.1 Å². The first kappa shape index (κ1) is 19.2. The van der Waals surface area contributed by atoms with E-state index in [1.165, 1.54) is 9.87 Å². The van der Waals surface area contributed by atoms with Gasteiger partial charge in [-0.1, -0.05) is 35.9 Å². The molecule has 0 saturated carbocycles. The fraction of sp³-hybridized carbons (Fsp3) is 0.409. The molecule has 0 radical (unpaired) electrons.